The molecule has 3 heteroatoms. The van der Waals surface area contributed by atoms with Gasteiger partial charge in [0.25, 0.3) is 0 Å². The molecule has 0 saturated heterocycles. The summed E-state index contributed by atoms with van der Waals surface area (Å²) >= 11 is 0. The predicted octanol–water partition coefficient (Wildman–Crippen LogP) is 1.30. The van der Waals surface area contributed by atoms with Gasteiger partial charge in [-0.15, -0.1) is 5.70 Å². The summed E-state index contributed by atoms with van der Waals surface area (Å²) in [6.07, 6.45) is 1.33. The van der Waals surface area contributed by atoms with E-state index in [2.05, 4.69) is 0 Å². The number of alkyl halides is 2. The number of rotatable bonds is 4. The number of hydrogen-bond acceptors (Lipinski definition) is 0. The molecule has 0 saturated carbocycles. The summed E-state index contributed by atoms with van der Waals surface area (Å²) in [7, 11) is 1.03. The fourth-order valence-electron chi connectivity index (χ4n) is 0.557. The molecule has 0 bridgehead atoms. The van der Waals surface area contributed by atoms with Gasteiger partial charge in [0.1, 0.15) is 0 Å². The van der Waals surface area contributed by atoms with E-state index in [-0.39, 0.29) is 6.42 Å². The average Bonchev–Trinajstić information content (AvgIpc) is 1.80. The zero-order valence-corrected chi connectivity index (χ0v) is 7.61. The zero-order valence-electron chi connectivity index (χ0n) is 5.61. The van der Waals surface area contributed by atoms with E-state index in [4.69, 9.17) is 0 Å². The molecule has 0 amide bonds. The van der Waals surface area contributed by atoms with Crippen molar-refractivity contribution in [1.82, 2.24) is 0 Å². The minimum absolute atomic E-state index is 0.0475. The van der Waals surface area contributed by atoms with Gasteiger partial charge in [-0.05, 0) is 12.8 Å². The van der Waals surface area contributed by atoms with Gasteiger partial charge in [-0.1, -0.05) is 6.08 Å². The number of hydrogen-bond donors (Lipinski definition) is 0. The number of unbranched alkanes of at least 4 members (excludes halogenated alkanes) is 1. The van der Waals surface area contributed by atoms with Crippen LogP contribution in [0.2, 0.25) is 0 Å². The maximum Gasteiger partial charge on any atom is 0.238 e. The maximum absolute atomic E-state index is 11.4. The van der Waals surface area contributed by atoms with E-state index < -0.39 is 6.43 Å². The molecular formula is C6H12F2Si. The lowest BCUT2D eigenvalue weighted by atomic mass is 10.2. The summed E-state index contributed by atoms with van der Waals surface area (Å²) in [4.78, 5) is 0. The molecule has 0 aromatic carbocycles. The summed E-state index contributed by atoms with van der Waals surface area (Å²) in [5.41, 5.74) is 2.02. The standard InChI is InChI=1S/C6H12F2Si/c7-6(8)4-2-1-3-5-9/h3,5-6H,1-2,4H2,9H3. The average molecular weight is 150 g/mol. The van der Waals surface area contributed by atoms with E-state index >= 15 is 0 Å². The molecule has 0 radical (unpaired) electrons. The van der Waals surface area contributed by atoms with Crippen LogP contribution in [0, 0.1) is 0 Å². The first-order chi connectivity index (χ1) is 4.27. The van der Waals surface area contributed by atoms with Crippen molar-refractivity contribution in [3.05, 3.63) is 11.8 Å². The predicted molar refractivity (Wildman–Crippen MR) is 38.9 cm³/mol. The Morgan fingerprint density at radius 2 is 2.11 bits per heavy atom. The number of halogens is 2. The highest BCUT2D eigenvalue weighted by Gasteiger charge is 1.98. The normalized spacial score (nSPS) is 11.9. The molecule has 0 nitrogen and oxygen atoms in total. The van der Waals surface area contributed by atoms with Gasteiger partial charge >= 0.3 is 0 Å². The first-order valence-corrected chi connectivity index (χ1v) is 4.32. The molecule has 0 heterocycles. The summed E-state index contributed by atoms with van der Waals surface area (Å²) in [5, 5.41) is 0. The van der Waals surface area contributed by atoms with Crippen LogP contribution in [0.15, 0.2) is 11.8 Å². The Morgan fingerprint density at radius 3 is 2.56 bits per heavy atom. The second-order valence-electron chi connectivity index (χ2n) is 1.89. The molecule has 9 heavy (non-hydrogen) atoms. The van der Waals surface area contributed by atoms with Crippen molar-refractivity contribution in [3.8, 4) is 0 Å². The molecule has 0 rings (SSSR count). The van der Waals surface area contributed by atoms with Crippen LogP contribution >= 0.6 is 0 Å². The third-order valence-corrected chi connectivity index (χ3v) is 1.50. The van der Waals surface area contributed by atoms with Gasteiger partial charge < -0.3 is 0 Å². The van der Waals surface area contributed by atoms with Gasteiger partial charge in [0.05, 0.1) is 0 Å². The van der Waals surface area contributed by atoms with E-state index in [1.807, 2.05) is 11.8 Å². The largest absolute Gasteiger partial charge is 0.238 e. The van der Waals surface area contributed by atoms with E-state index in [0.717, 1.165) is 16.7 Å². The lowest BCUT2D eigenvalue weighted by Gasteiger charge is -1.93. The van der Waals surface area contributed by atoms with Crippen LogP contribution in [0.1, 0.15) is 19.3 Å². The monoisotopic (exact) mass is 150 g/mol. The molecule has 0 aromatic heterocycles. The van der Waals surface area contributed by atoms with Crippen LogP contribution in [0.25, 0.3) is 0 Å². The first kappa shape index (κ1) is 8.82. The molecule has 0 spiro atoms. The molecule has 0 N–H and O–H groups in total. The van der Waals surface area contributed by atoms with Gasteiger partial charge in [0.2, 0.25) is 6.43 Å². The van der Waals surface area contributed by atoms with Crippen LogP contribution in [0.4, 0.5) is 8.78 Å². The third kappa shape index (κ3) is 7.82. The molecule has 0 aliphatic heterocycles. The van der Waals surface area contributed by atoms with E-state index in [0.29, 0.717) is 6.42 Å². The Kier molecular flexibility index (Phi) is 5.82. The lowest BCUT2D eigenvalue weighted by Crippen LogP contribution is -1.87. The zero-order chi connectivity index (χ0) is 7.11. The van der Waals surface area contributed by atoms with Gasteiger partial charge in [0.15, 0.2) is 0 Å². The summed E-state index contributed by atoms with van der Waals surface area (Å²) in [6.45, 7) is 0. The van der Waals surface area contributed by atoms with Crippen molar-refractivity contribution in [2.75, 3.05) is 0 Å². The second kappa shape index (κ2) is 5.94. The van der Waals surface area contributed by atoms with Crippen LogP contribution in [-0.4, -0.2) is 16.7 Å². The van der Waals surface area contributed by atoms with Crippen molar-refractivity contribution >= 4 is 10.2 Å². The fourth-order valence-corrected chi connectivity index (χ4v) is 0.890. The van der Waals surface area contributed by atoms with Gasteiger partial charge in [-0.25, -0.2) is 8.78 Å². The Morgan fingerprint density at radius 1 is 1.44 bits per heavy atom. The molecule has 54 valence electrons. The molecular weight excluding hydrogens is 138 g/mol. The van der Waals surface area contributed by atoms with Crippen LogP contribution < -0.4 is 0 Å². The molecule has 0 fully saturated rings. The van der Waals surface area contributed by atoms with Crippen molar-refractivity contribution in [3.63, 3.8) is 0 Å². The molecule has 0 aromatic rings. The highest BCUT2D eigenvalue weighted by atomic mass is 28.1. The Hall–Kier alpha value is -0.183. The van der Waals surface area contributed by atoms with Crippen LogP contribution in [0.5, 0.6) is 0 Å². The SMILES string of the molecule is FC(F)CCCC=C[SiH3]. The van der Waals surface area contributed by atoms with Crippen molar-refractivity contribution in [2.45, 2.75) is 25.7 Å². The van der Waals surface area contributed by atoms with Crippen molar-refractivity contribution < 1.29 is 8.78 Å². The highest BCUT2D eigenvalue weighted by molar-refractivity contribution is 6.16. The lowest BCUT2D eigenvalue weighted by molar-refractivity contribution is 0.135. The Labute approximate surface area is 57.4 Å². The highest BCUT2D eigenvalue weighted by Crippen LogP contribution is 2.05. The summed E-state index contributed by atoms with van der Waals surface area (Å²) in [5.74, 6) is 0. The number of allylic oxidation sites excluding steroid dienone is 1. The van der Waals surface area contributed by atoms with Crippen molar-refractivity contribution in [2.24, 2.45) is 0 Å². The Balaban J connectivity index is 2.91. The van der Waals surface area contributed by atoms with E-state index in [9.17, 15) is 8.78 Å². The topological polar surface area (TPSA) is 0 Å². The van der Waals surface area contributed by atoms with E-state index in [1.54, 1.807) is 0 Å². The summed E-state index contributed by atoms with van der Waals surface area (Å²) < 4.78 is 22.9. The van der Waals surface area contributed by atoms with Gasteiger partial charge in [-0.2, -0.15) is 0 Å². The van der Waals surface area contributed by atoms with Crippen LogP contribution in [-0.2, 0) is 0 Å². The molecule has 0 atom stereocenters. The molecule has 0 unspecified atom stereocenters. The van der Waals surface area contributed by atoms with Gasteiger partial charge in [-0.3, -0.25) is 0 Å². The Bertz CT molecular complexity index is 81.1. The smallest absolute Gasteiger partial charge is 0.211 e. The van der Waals surface area contributed by atoms with Crippen LogP contribution in [0.3, 0.4) is 0 Å². The fraction of sp³-hybridized carbons (Fsp3) is 0.667. The second-order valence-corrected chi connectivity index (χ2v) is 2.56. The minimum Gasteiger partial charge on any atom is -0.211 e. The summed E-state index contributed by atoms with van der Waals surface area (Å²) in [6, 6.07) is 0. The first-order valence-electron chi connectivity index (χ1n) is 3.16. The third-order valence-electron chi connectivity index (χ3n) is 1.03. The van der Waals surface area contributed by atoms with E-state index in [1.165, 1.54) is 0 Å². The van der Waals surface area contributed by atoms with Crippen molar-refractivity contribution in [1.29, 1.82) is 0 Å². The molecule has 0 aliphatic carbocycles. The molecule has 0 aliphatic rings. The van der Waals surface area contributed by atoms with Gasteiger partial charge in [0, 0.05) is 16.7 Å². The quantitative estimate of drug-likeness (QED) is 0.418. The minimum atomic E-state index is -2.12. The maximum atomic E-state index is 11.4.